The largest absolute Gasteiger partial charge is 0.490 e. The number of anilines is 1. The van der Waals surface area contributed by atoms with Crippen LogP contribution in [-0.2, 0) is 11.4 Å². The van der Waals surface area contributed by atoms with E-state index in [1.807, 2.05) is 6.92 Å². The Kier molecular flexibility index (Phi) is 5.06. The monoisotopic (exact) mass is 421 g/mol. The van der Waals surface area contributed by atoms with Crippen molar-refractivity contribution in [1.29, 1.82) is 0 Å². The maximum atomic E-state index is 13.7. The molecule has 0 radical (unpaired) electrons. The third-order valence-electron chi connectivity index (χ3n) is 6.67. The Morgan fingerprint density at radius 3 is 2.74 bits per heavy atom. The van der Waals surface area contributed by atoms with Crippen molar-refractivity contribution in [3.63, 3.8) is 0 Å². The van der Waals surface area contributed by atoms with E-state index in [2.05, 4.69) is 15.3 Å². The number of hydrogen-bond donors (Lipinski definition) is 2. The number of aromatic nitrogens is 2. The van der Waals surface area contributed by atoms with E-state index in [1.54, 1.807) is 36.7 Å². The average Bonchev–Trinajstić information content (AvgIpc) is 3.28. The number of pyridine rings is 2. The summed E-state index contributed by atoms with van der Waals surface area (Å²) < 4.78 is 19.9. The van der Waals surface area contributed by atoms with E-state index < -0.39 is 0 Å². The van der Waals surface area contributed by atoms with Crippen molar-refractivity contribution < 1.29 is 19.0 Å². The van der Waals surface area contributed by atoms with Gasteiger partial charge < -0.3 is 15.2 Å². The lowest BCUT2D eigenvalue weighted by Crippen LogP contribution is -2.26. The summed E-state index contributed by atoms with van der Waals surface area (Å²) in [5, 5.41) is 12.7. The Labute approximate surface area is 179 Å². The maximum absolute atomic E-state index is 13.7. The Morgan fingerprint density at radius 1 is 1.23 bits per heavy atom. The number of aliphatic hydroxyl groups is 1. The van der Waals surface area contributed by atoms with Crippen molar-refractivity contribution in [2.45, 2.75) is 32.5 Å². The molecule has 160 valence electrons. The van der Waals surface area contributed by atoms with E-state index >= 15 is 0 Å². The zero-order chi connectivity index (χ0) is 21.5. The standard InChI is InChI=1S/C24H24FN3O3/c1-13(24(30)28-22-5-2-14(12-29)11-27-22)23-17-9-16(10-18(17)23)31-21-6-7-26-20-4-3-15(25)8-19(20)21/h2-8,11,13,16-18,23,29H,9-10,12H2,1H3,(H,27,28,30). The minimum atomic E-state index is -0.306. The minimum Gasteiger partial charge on any atom is -0.490 e. The summed E-state index contributed by atoms with van der Waals surface area (Å²) in [5.74, 6) is 2.01. The summed E-state index contributed by atoms with van der Waals surface area (Å²) in [6.07, 6.45) is 5.11. The second-order valence-corrected chi connectivity index (χ2v) is 8.57. The number of aliphatic hydroxyl groups excluding tert-OH is 1. The Bertz CT molecular complexity index is 1110. The summed E-state index contributed by atoms with van der Waals surface area (Å²) in [6.45, 7) is 1.89. The Morgan fingerprint density at radius 2 is 2.03 bits per heavy atom. The molecule has 1 aromatic carbocycles. The molecule has 31 heavy (non-hydrogen) atoms. The number of carbonyl (C=O) groups excluding carboxylic acids is 1. The van der Waals surface area contributed by atoms with Gasteiger partial charge in [0.15, 0.2) is 0 Å². The van der Waals surface area contributed by atoms with Crippen molar-refractivity contribution in [2.75, 3.05) is 5.32 Å². The minimum absolute atomic E-state index is 0.0308. The van der Waals surface area contributed by atoms with Crippen molar-refractivity contribution >= 4 is 22.6 Å². The molecule has 2 aromatic heterocycles. The molecule has 2 fully saturated rings. The van der Waals surface area contributed by atoms with Gasteiger partial charge >= 0.3 is 0 Å². The molecule has 0 saturated heterocycles. The highest BCUT2D eigenvalue weighted by atomic mass is 19.1. The van der Waals surface area contributed by atoms with Crippen LogP contribution in [0, 0.1) is 29.5 Å². The first kappa shape index (κ1) is 19.9. The number of fused-ring (bicyclic) bond motifs is 2. The van der Waals surface area contributed by atoms with E-state index in [0.717, 1.165) is 12.8 Å². The van der Waals surface area contributed by atoms with Crippen molar-refractivity contribution in [3.05, 3.63) is 60.2 Å². The summed E-state index contributed by atoms with van der Waals surface area (Å²) in [7, 11) is 0. The molecule has 1 amide bonds. The number of amides is 1. The molecule has 2 aliphatic rings. The number of hydrogen-bond acceptors (Lipinski definition) is 5. The predicted molar refractivity (Wildman–Crippen MR) is 114 cm³/mol. The van der Waals surface area contributed by atoms with Crippen LogP contribution in [0.3, 0.4) is 0 Å². The molecule has 2 aliphatic carbocycles. The number of halogens is 1. The summed E-state index contributed by atoms with van der Waals surface area (Å²) in [6, 6.07) is 9.76. The molecule has 2 saturated carbocycles. The fraction of sp³-hybridized carbons (Fsp3) is 0.375. The van der Waals surface area contributed by atoms with Gasteiger partial charge in [-0.05, 0) is 66.5 Å². The van der Waals surface area contributed by atoms with Crippen molar-refractivity contribution in [2.24, 2.45) is 23.7 Å². The zero-order valence-corrected chi connectivity index (χ0v) is 17.2. The Balaban J connectivity index is 1.18. The SMILES string of the molecule is CC(C(=O)Nc1ccc(CO)cn1)C1C2CC(Oc3ccnc4ccc(F)cc34)CC21. The predicted octanol–water partition coefficient (Wildman–Crippen LogP) is 3.94. The number of rotatable bonds is 6. The maximum Gasteiger partial charge on any atom is 0.228 e. The molecule has 2 heterocycles. The van der Waals surface area contributed by atoms with Crippen LogP contribution in [0.15, 0.2) is 48.8 Å². The van der Waals surface area contributed by atoms with E-state index in [-0.39, 0.29) is 30.4 Å². The molecule has 6 nitrogen and oxygen atoms in total. The van der Waals surface area contributed by atoms with Gasteiger partial charge in [0.1, 0.15) is 17.4 Å². The fourth-order valence-electron chi connectivity index (χ4n) is 5.06. The summed E-state index contributed by atoms with van der Waals surface area (Å²) in [5.41, 5.74) is 1.42. The molecule has 2 N–H and O–H groups in total. The van der Waals surface area contributed by atoms with Gasteiger partial charge in [-0.2, -0.15) is 0 Å². The van der Waals surface area contributed by atoms with E-state index in [1.165, 1.54) is 12.1 Å². The van der Waals surface area contributed by atoms with Gasteiger partial charge in [-0.15, -0.1) is 0 Å². The van der Waals surface area contributed by atoms with Gasteiger partial charge in [0.25, 0.3) is 0 Å². The molecule has 7 heteroatoms. The Hall–Kier alpha value is -3.06. The number of nitrogens with zero attached hydrogens (tertiary/aromatic N) is 2. The molecular weight excluding hydrogens is 397 g/mol. The second kappa shape index (κ2) is 7.89. The van der Waals surface area contributed by atoms with Gasteiger partial charge in [-0.3, -0.25) is 9.78 Å². The van der Waals surface area contributed by atoms with Crippen LogP contribution in [0.2, 0.25) is 0 Å². The van der Waals surface area contributed by atoms with Crippen molar-refractivity contribution in [3.8, 4) is 5.75 Å². The molecule has 3 atom stereocenters. The number of ether oxygens (including phenoxy) is 1. The summed E-state index contributed by atoms with van der Waals surface area (Å²) in [4.78, 5) is 21.1. The van der Waals surface area contributed by atoms with Gasteiger partial charge in [0.05, 0.1) is 18.2 Å². The van der Waals surface area contributed by atoms with E-state index in [4.69, 9.17) is 9.84 Å². The lowest BCUT2D eigenvalue weighted by Gasteiger charge is -2.20. The van der Waals surface area contributed by atoms with Crippen LogP contribution in [-0.4, -0.2) is 27.1 Å². The quantitative estimate of drug-likeness (QED) is 0.630. The molecule has 0 spiro atoms. The van der Waals surface area contributed by atoms with Crippen LogP contribution < -0.4 is 10.1 Å². The van der Waals surface area contributed by atoms with Crippen LogP contribution in [0.25, 0.3) is 10.9 Å². The van der Waals surface area contributed by atoms with E-state index in [0.29, 0.717) is 45.8 Å². The first-order valence-corrected chi connectivity index (χ1v) is 10.6. The lowest BCUT2D eigenvalue weighted by atomic mass is 9.97. The fourth-order valence-corrected chi connectivity index (χ4v) is 5.06. The molecule has 0 aliphatic heterocycles. The highest BCUT2D eigenvalue weighted by Crippen LogP contribution is 2.61. The average molecular weight is 421 g/mol. The zero-order valence-electron chi connectivity index (χ0n) is 17.2. The van der Waals surface area contributed by atoms with Crippen LogP contribution in [0.5, 0.6) is 5.75 Å². The lowest BCUT2D eigenvalue weighted by molar-refractivity contribution is -0.120. The van der Waals surface area contributed by atoms with Crippen LogP contribution in [0.4, 0.5) is 10.2 Å². The van der Waals surface area contributed by atoms with Crippen LogP contribution >= 0.6 is 0 Å². The molecule has 3 unspecified atom stereocenters. The highest BCUT2D eigenvalue weighted by Gasteiger charge is 2.59. The molecule has 5 rings (SSSR count). The van der Waals surface area contributed by atoms with Crippen molar-refractivity contribution in [1.82, 2.24) is 9.97 Å². The molecule has 3 aromatic rings. The molecule has 0 bridgehead atoms. The van der Waals surface area contributed by atoms with Gasteiger partial charge in [-0.1, -0.05) is 13.0 Å². The number of nitrogens with one attached hydrogen (secondary N) is 1. The van der Waals surface area contributed by atoms with Gasteiger partial charge in [0, 0.05) is 23.7 Å². The van der Waals surface area contributed by atoms with E-state index in [9.17, 15) is 9.18 Å². The molecular formula is C24H24FN3O3. The number of carbonyl (C=O) groups is 1. The summed E-state index contributed by atoms with van der Waals surface area (Å²) >= 11 is 0. The second-order valence-electron chi connectivity index (χ2n) is 8.57. The van der Waals surface area contributed by atoms with Gasteiger partial charge in [-0.25, -0.2) is 9.37 Å². The third-order valence-corrected chi connectivity index (χ3v) is 6.67. The third kappa shape index (κ3) is 3.85. The smallest absolute Gasteiger partial charge is 0.228 e. The first-order chi connectivity index (χ1) is 15.0. The first-order valence-electron chi connectivity index (χ1n) is 10.6. The number of benzene rings is 1. The highest BCUT2D eigenvalue weighted by molar-refractivity contribution is 5.92. The van der Waals surface area contributed by atoms with Crippen LogP contribution in [0.1, 0.15) is 25.3 Å². The normalized spacial score (nSPS) is 25.1. The topological polar surface area (TPSA) is 84.3 Å². The van der Waals surface area contributed by atoms with Gasteiger partial charge in [0.2, 0.25) is 5.91 Å².